The van der Waals surface area contributed by atoms with E-state index in [-0.39, 0.29) is 18.7 Å². The Labute approximate surface area is 91.9 Å². The molecule has 6 heteroatoms. The molecular formula is C10H13NO5. The Kier molecular flexibility index (Phi) is 4.07. The molecule has 88 valence electrons. The Hall–Kier alpha value is -1.82. The van der Waals surface area contributed by atoms with E-state index in [1.54, 1.807) is 13.0 Å². The summed E-state index contributed by atoms with van der Waals surface area (Å²) in [5, 5.41) is 19.8. The zero-order chi connectivity index (χ0) is 12.1. The number of carboxylic acid groups (broad SMARTS) is 1. The van der Waals surface area contributed by atoms with Gasteiger partial charge in [-0.2, -0.15) is 0 Å². The Bertz CT molecular complexity index is 384. The first kappa shape index (κ1) is 12.3. The highest BCUT2D eigenvalue weighted by atomic mass is 16.4. The molecule has 0 unspecified atom stereocenters. The van der Waals surface area contributed by atoms with Crippen molar-refractivity contribution in [2.24, 2.45) is 0 Å². The van der Waals surface area contributed by atoms with Crippen LogP contribution in [-0.4, -0.2) is 34.7 Å². The van der Waals surface area contributed by atoms with Crippen molar-refractivity contribution in [2.45, 2.75) is 19.4 Å². The van der Waals surface area contributed by atoms with Crippen molar-refractivity contribution in [1.29, 1.82) is 0 Å². The fourth-order valence-electron chi connectivity index (χ4n) is 1.13. The van der Waals surface area contributed by atoms with Gasteiger partial charge in [0.2, 0.25) is 0 Å². The molecule has 1 rings (SSSR count). The molecule has 1 amide bonds. The molecule has 0 spiro atoms. The van der Waals surface area contributed by atoms with Crippen LogP contribution in [0.2, 0.25) is 0 Å². The van der Waals surface area contributed by atoms with Crippen LogP contribution in [0.15, 0.2) is 16.7 Å². The number of furan rings is 1. The maximum Gasteiger partial charge on any atom is 0.332 e. The van der Waals surface area contributed by atoms with E-state index in [0.29, 0.717) is 5.56 Å². The normalized spacial score (nSPS) is 12.1. The lowest BCUT2D eigenvalue weighted by atomic mass is 10.2. The third-order valence-electron chi connectivity index (χ3n) is 2.06. The topological polar surface area (TPSA) is 99.8 Å². The Balaban J connectivity index is 2.37. The van der Waals surface area contributed by atoms with E-state index in [1.165, 1.54) is 6.26 Å². The number of aliphatic hydroxyl groups excluding tert-OH is 1. The average Bonchev–Trinajstić information content (AvgIpc) is 2.64. The number of nitrogens with one attached hydrogen (secondary N) is 1. The van der Waals surface area contributed by atoms with Crippen LogP contribution in [0.3, 0.4) is 0 Å². The van der Waals surface area contributed by atoms with Gasteiger partial charge in [-0.05, 0) is 13.0 Å². The zero-order valence-corrected chi connectivity index (χ0v) is 8.77. The van der Waals surface area contributed by atoms with Crippen LogP contribution in [-0.2, 0) is 4.79 Å². The van der Waals surface area contributed by atoms with Gasteiger partial charge in [-0.15, -0.1) is 0 Å². The van der Waals surface area contributed by atoms with Crippen molar-refractivity contribution < 1.29 is 24.2 Å². The van der Waals surface area contributed by atoms with Gasteiger partial charge >= 0.3 is 5.97 Å². The monoisotopic (exact) mass is 227 g/mol. The van der Waals surface area contributed by atoms with Gasteiger partial charge in [0.05, 0.1) is 6.26 Å². The summed E-state index contributed by atoms with van der Waals surface area (Å²) in [5.41, 5.74) is 0.705. The van der Waals surface area contributed by atoms with Gasteiger partial charge in [-0.25, -0.2) is 4.79 Å². The first-order chi connectivity index (χ1) is 7.52. The van der Waals surface area contributed by atoms with Gasteiger partial charge in [-0.3, -0.25) is 4.79 Å². The van der Waals surface area contributed by atoms with Crippen molar-refractivity contribution in [1.82, 2.24) is 5.32 Å². The lowest BCUT2D eigenvalue weighted by Crippen LogP contribution is -2.30. The number of aliphatic carboxylic acids is 1. The molecule has 0 saturated carbocycles. The molecule has 1 heterocycles. The fraction of sp³-hybridized carbons (Fsp3) is 0.400. The van der Waals surface area contributed by atoms with Gasteiger partial charge < -0.3 is 19.9 Å². The van der Waals surface area contributed by atoms with Gasteiger partial charge in [0, 0.05) is 18.5 Å². The summed E-state index contributed by atoms with van der Waals surface area (Å²) < 4.78 is 4.94. The summed E-state index contributed by atoms with van der Waals surface area (Å²) in [6.45, 7) is 1.80. The molecule has 0 aliphatic rings. The number of aliphatic hydroxyl groups is 1. The van der Waals surface area contributed by atoms with Gasteiger partial charge in [0.15, 0.2) is 11.9 Å². The Morgan fingerprint density at radius 1 is 1.56 bits per heavy atom. The molecule has 0 bridgehead atoms. The number of hydrogen-bond acceptors (Lipinski definition) is 4. The minimum atomic E-state index is -1.46. The molecule has 0 saturated heterocycles. The quantitative estimate of drug-likeness (QED) is 0.665. The van der Waals surface area contributed by atoms with E-state index in [0.717, 1.165) is 0 Å². The maximum atomic E-state index is 11.4. The largest absolute Gasteiger partial charge is 0.479 e. The van der Waals surface area contributed by atoms with Crippen LogP contribution in [0, 0.1) is 6.92 Å². The van der Waals surface area contributed by atoms with E-state index in [9.17, 15) is 9.59 Å². The number of hydrogen-bond donors (Lipinski definition) is 3. The molecule has 0 aliphatic carbocycles. The van der Waals surface area contributed by atoms with Crippen LogP contribution < -0.4 is 5.32 Å². The Morgan fingerprint density at radius 3 is 2.75 bits per heavy atom. The highest BCUT2D eigenvalue weighted by Gasteiger charge is 2.15. The van der Waals surface area contributed by atoms with Crippen LogP contribution in [0.25, 0.3) is 0 Å². The van der Waals surface area contributed by atoms with Gasteiger partial charge in [-0.1, -0.05) is 0 Å². The number of rotatable bonds is 5. The van der Waals surface area contributed by atoms with Crippen molar-refractivity contribution in [3.8, 4) is 0 Å². The van der Waals surface area contributed by atoms with Gasteiger partial charge in [0.1, 0.15) is 0 Å². The second kappa shape index (κ2) is 5.32. The molecule has 0 radical (unpaired) electrons. The van der Waals surface area contributed by atoms with Crippen molar-refractivity contribution in [2.75, 3.05) is 6.54 Å². The molecule has 16 heavy (non-hydrogen) atoms. The Morgan fingerprint density at radius 2 is 2.25 bits per heavy atom. The average molecular weight is 227 g/mol. The molecule has 0 fully saturated rings. The van der Waals surface area contributed by atoms with Crippen molar-refractivity contribution in [3.63, 3.8) is 0 Å². The van der Waals surface area contributed by atoms with Crippen LogP contribution in [0.1, 0.15) is 22.5 Å². The van der Waals surface area contributed by atoms with E-state index in [2.05, 4.69) is 5.32 Å². The molecule has 6 nitrogen and oxygen atoms in total. The molecule has 0 aromatic carbocycles. The highest BCUT2D eigenvalue weighted by molar-refractivity contribution is 5.92. The first-order valence-corrected chi connectivity index (χ1v) is 4.75. The fourth-order valence-corrected chi connectivity index (χ4v) is 1.13. The van der Waals surface area contributed by atoms with Crippen molar-refractivity contribution >= 4 is 11.9 Å². The molecule has 1 aromatic heterocycles. The minimum absolute atomic E-state index is 0.0408. The second-order valence-corrected chi connectivity index (χ2v) is 3.33. The van der Waals surface area contributed by atoms with Crippen LogP contribution in [0.4, 0.5) is 0 Å². The molecular weight excluding hydrogens is 214 g/mol. The smallest absolute Gasteiger partial charge is 0.332 e. The second-order valence-electron chi connectivity index (χ2n) is 3.33. The lowest BCUT2D eigenvalue weighted by molar-refractivity contribution is -0.146. The molecule has 0 aliphatic heterocycles. The number of carbonyl (C=O) groups is 2. The van der Waals surface area contributed by atoms with E-state index in [4.69, 9.17) is 14.6 Å². The predicted molar refractivity (Wildman–Crippen MR) is 54.0 cm³/mol. The van der Waals surface area contributed by atoms with Crippen LogP contribution in [0.5, 0.6) is 0 Å². The standard InChI is InChI=1S/C10H13NO5/c1-6-3-5-16-8(6)9(13)11-4-2-7(12)10(14)15/h3,5,7,12H,2,4H2,1H3,(H,11,13)(H,14,15)/t7-/m0/s1. The predicted octanol–water partition coefficient (Wildman–Crippen LogP) is 0.153. The molecule has 3 N–H and O–H groups in total. The minimum Gasteiger partial charge on any atom is -0.479 e. The molecule has 1 aromatic rings. The van der Waals surface area contributed by atoms with E-state index >= 15 is 0 Å². The number of carboxylic acids is 1. The van der Waals surface area contributed by atoms with E-state index < -0.39 is 18.0 Å². The summed E-state index contributed by atoms with van der Waals surface area (Å²) in [7, 11) is 0. The van der Waals surface area contributed by atoms with Gasteiger partial charge in [0.25, 0.3) is 5.91 Å². The summed E-state index contributed by atoms with van der Waals surface area (Å²) in [6, 6.07) is 1.65. The highest BCUT2D eigenvalue weighted by Crippen LogP contribution is 2.07. The van der Waals surface area contributed by atoms with Crippen molar-refractivity contribution in [3.05, 3.63) is 23.7 Å². The maximum absolute atomic E-state index is 11.4. The zero-order valence-electron chi connectivity index (χ0n) is 8.77. The third kappa shape index (κ3) is 3.09. The summed E-state index contributed by atoms with van der Waals surface area (Å²) in [6.07, 6.45) is -0.102. The van der Waals surface area contributed by atoms with E-state index in [1.807, 2.05) is 0 Å². The van der Waals surface area contributed by atoms with Crippen LogP contribution >= 0.6 is 0 Å². The summed E-state index contributed by atoms with van der Waals surface area (Å²) >= 11 is 0. The summed E-state index contributed by atoms with van der Waals surface area (Å²) in [5.74, 6) is -1.52. The number of aryl methyl sites for hydroxylation is 1. The number of amides is 1. The molecule has 1 atom stereocenters. The number of carbonyl (C=O) groups excluding carboxylic acids is 1. The SMILES string of the molecule is Cc1ccoc1C(=O)NCC[C@H](O)C(=O)O. The lowest BCUT2D eigenvalue weighted by Gasteiger charge is -2.06. The first-order valence-electron chi connectivity index (χ1n) is 4.75. The third-order valence-corrected chi connectivity index (χ3v) is 2.06. The summed E-state index contributed by atoms with van der Waals surface area (Å²) in [4.78, 5) is 21.7.